The molecule has 0 aromatic rings. The van der Waals surface area contributed by atoms with Crippen molar-refractivity contribution in [2.75, 3.05) is 32.7 Å². The first-order chi connectivity index (χ1) is 7.78. The van der Waals surface area contributed by atoms with E-state index in [1.807, 2.05) is 0 Å². The monoisotopic (exact) mass is 220 g/mol. The van der Waals surface area contributed by atoms with Gasteiger partial charge in [0.2, 0.25) is 0 Å². The summed E-state index contributed by atoms with van der Waals surface area (Å²) in [6.07, 6.45) is 8.05. The average molecular weight is 220 g/mol. The van der Waals surface area contributed by atoms with E-state index in [1.54, 1.807) is 5.57 Å². The normalized spacial score (nSPS) is 33.8. The van der Waals surface area contributed by atoms with Crippen LogP contribution in [-0.2, 0) is 0 Å². The molecular weight excluding hydrogens is 196 g/mol. The third kappa shape index (κ3) is 2.05. The Morgan fingerprint density at radius 2 is 2.25 bits per heavy atom. The molecule has 0 radical (unpaired) electrons. The fourth-order valence-electron chi connectivity index (χ4n) is 3.68. The van der Waals surface area contributed by atoms with Crippen LogP contribution in [0.5, 0.6) is 0 Å². The standard InChI is InChI=1S/C14H24N2/c1-12-3-2-8-16(10-12)11-13-9-14(13)4-6-15-7-5-14/h3,13,15H,2,4-11H2,1H3. The van der Waals surface area contributed by atoms with Gasteiger partial charge in [0.05, 0.1) is 0 Å². The Bertz CT molecular complexity index is 289. The van der Waals surface area contributed by atoms with Gasteiger partial charge in [-0.2, -0.15) is 0 Å². The lowest BCUT2D eigenvalue weighted by Crippen LogP contribution is -2.34. The van der Waals surface area contributed by atoms with Gasteiger partial charge in [-0.05, 0) is 57.0 Å². The molecule has 1 atom stereocenters. The Kier molecular flexibility index (Phi) is 2.80. The Morgan fingerprint density at radius 3 is 3.00 bits per heavy atom. The SMILES string of the molecule is CC1=CCCN(CC2CC23CCNCC3)C1. The topological polar surface area (TPSA) is 15.3 Å². The van der Waals surface area contributed by atoms with E-state index in [4.69, 9.17) is 0 Å². The number of rotatable bonds is 2. The zero-order valence-corrected chi connectivity index (χ0v) is 10.5. The first-order valence-corrected chi connectivity index (χ1v) is 6.87. The molecule has 0 bridgehead atoms. The van der Waals surface area contributed by atoms with Crippen LogP contribution in [0.3, 0.4) is 0 Å². The van der Waals surface area contributed by atoms with Crippen molar-refractivity contribution in [1.82, 2.24) is 10.2 Å². The van der Waals surface area contributed by atoms with Gasteiger partial charge >= 0.3 is 0 Å². The molecule has 2 aliphatic heterocycles. The second-order valence-electron chi connectivity index (χ2n) is 6.09. The fraction of sp³-hybridized carbons (Fsp3) is 0.857. The molecule has 0 aromatic heterocycles. The van der Waals surface area contributed by atoms with Crippen molar-refractivity contribution in [2.45, 2.75) is 32.6 Å². The summed E-state index contributed by atoms with van der Waals surface area (Å²) in [5.41, 5.74) is 2.34. The van der Waals surface area contributed by atoms with Crippen molar-refractivity contribution < 1.29 is 0 Å². The summed E-state index contributed by atoms with van der Waals surface area (Å²) >= 11 is 0. The lowest BCUT2D eigenvalue weighted by molar-refractivity contribution is 0.239. The van der Waals surface area contributed by atoms with Crippen molar-refractivity contribution >= 4 is 0 Å². The van der Waals surface area contributed by atoms with Crippen LogP contribution in [0.15, 0.2) is 11.6 Å². The van der Waals surface area contributed by atoms with E-state index in [2.05, 4.69) is 23.2 Å². The number of nitrogens with one attached hydrogen (secondary N) is 1. The van der Waals surface area contributed by atoms with E-state index < -0.39 is 0 Å². The first-order valence-electron chi connectivity index (χ1n) is 6.87. The van der Waals surface area contributed by atoms with Crippen molar-refractivity contribution in [3.8, 4) is 0 Å². The average Bonchev–Trinajstić information content (AvgIpc) is 2.91. The van der Waals surface area contributed by atoms with Gasteiger partial charge in [-0.3, -0.25) is 4.90 Å². The third-order valence-electron chi connectivity index (χ3n) is 4.85. The molecular formula is C14H24N2. The highest BCUT2D eigenvalue weighted by Gasteiger charge is 2.53. The van der Waals surface area contributed by atoms with E-state index in [0.29, 0.717) is 0 Å². The minimum absolute atomic E-state index is 0.764. The smallest absolute Gasteiger partial charge is 0.0190 e. The highest BCUT2D eigenvalue weighted by Crippen LogP contribution is 2.58. The molecule has 16 heavy (non-hydrogen) atoms. The van der Waals surface area contributed by atoms with E-state index in [9.17, 15) is 0 Å². The number of hydrogen-bond donors (Lipinski definition) is 1. The summed E-state index contributed by atoms with van der Waals surface area (Å²) in [5, 5.41) is 3.49. The summed E-state index contributed by atoms with van der Waals surface area (Å²) in [4.78, 5) is 2.68. The van der Waals surface area contributed by atoms with Crippen LogP contribution < -0.4 is 5.32 Å². The van der Waals surface area contributed by atoms with Crippen LogP contribution in [0.2, 0.25) is 0 Å². The maximum Gasteiger partial charge on any atom is 0.0190 e. The Morgan fingerprint density at radius 1 is 1.44 bits per heavy atom. The molecule has 1 saturated heterocycles. The second-order valence-corrected chi connectivity index (χ2v) is 6.09. The molecule has 3 rings (SSSR count). The van der Waals surface area contributed by atoms with Gasteiger partial charge in [0.25, 0.3) is 0 Å². The van der Waals surface area contributed by atoms with E-state index in [1.165, 1.54) is 58.4 Å². The summed E-state index contributed by atoms with van der Waals surface area (Å²) in [6, 6.07) is 0. The van der Waals surface area contributed by atoms with Crippen LogP contribution >= 0.6 is 0 Å². The van der Waals surface area contributed by atoms with Crippen molar-refractivity contribution in [3.05, 3.63) is 11.6 Å². The lowest BCUT2D eigenvalue weighted by Gasteiger charge is -2.29. The van der Waals surface area contributed by atoms with E-state index >= 15 is 0 Å². The molecule has 0 amide bonds. The summed E-state index contributed by atoms with van der Waals surface area (Å²) in [5.74, 6) is 1.01. The largest absolute Gasteiger partial charge is 0.317 e. The van der Waals surface area contributed by atoms with Gasteiger partial charge < -0.3 is 5.32 Å². The number of hydrogen-bond acceptors (Lipinski definition) is 2. The zero-order chi connectivity index (χ0) is 11.0. The molecule has 1 N–H and O–H groups in total. The van der Waals surface area contributed by atoms with E-state index in [0.717, 1.165) is 11.3 Å². The second kappa shape index (κ2) is 4.15. The zero-order valence-electron chi connectivity index (χ0n) is 10.5. The molecule has 1 spiro atoms. The number of nitrogens with zero attached hydrogens (tertiary/aromatic N) is 1. The van der Waals surface area contributed by atoms with Gasteiger partial charge in [0.1, 0.15) is 0 Å². The molecule has 2 fully saturated rings. The van der Waals surface area contributed by atoms with Gasteiger partial charge in [-0.25, -0.2) is 0 Å². The van der Waals surface area contributed by atoms with Gasteiger partial charge in [-0.1, -0.05) is 11.6 Å². The minimum Gasteiger partial charge on any atom is -0.317 e. The first kappa shape index (κ1) is 10.8. The van der Waals surface area contributed by atoms with Gasteiger partial charge in [0.15, 0.2) is 0 Å². The third-order valence-corrected chi connectivity index (χ3v) is 4.85. The summed E-state index contributed by atoms with van der Waals surface area (Å²) < 4.78 is 0. The highest BCUT2D eigenvalue weighted by molar-refractivity contribution is 5.09. The van der Waals surface area contributed by atoms with Crippen LogP contribution in [-0.4, -0.2) is 37.6 Å². The predicted molar refractivity (Wildman–Crippen MR) is 67.5 cm³/mol. The molecule has 90 valence electrons. The quantitative estimate of drug-likeness (QED) is 0.716. The molecule has 1 unspecified atom stereocenters. The van der Waals surface area contributed by atoms with E-state index in [-0.39, 0.29) is 0 Å². The van der Waals surface area contributed by atoms with Crippen LogP contribution in [0, 0.1) is 11.3 Å². The Hall–Kier alpha value is -0.340. The van der Waals surface area contributed by atoms with Gasteiger partial charge in [-0.15, -0.1) is 0 Å². The Balaban J connectivity index is 1.52. The number of piperidine rings is 1. The molecule has 0 aromatic carbocycles. The predicted octanol–water partition coefficient (Wildman–Crippen LogP) is 2.03. The molecule has 2 nitrogen and oxygen atoms in total. The molecule has 1 aliphatic carbocycles. The van der Waals surface area contributed by atoms with Crippen LogP contribution in [0.1, 0.15) is 32.6 Å². The lowest BCUT2D eigenvalue weighted by atomic mass is 9.91. The van der Waals surface area contributed by atoms with Gasteiger partial charge in [0, 0.05) is 19.6 Å². The van der Waals surface area contributed by atoms with Crippen LogP contribution in [0.4, 0.5) is 0 Å². The maximum atomic E-state index is 3.49. The fourth-order valence-corrected chi connectivity index (χ4v) is 3.68. The van der Waals surface area contributed by atoms with Crippen molar-refractivity contribution in [2.24, 2.45) is 11.3 Å². The highest BCUT2D eigenvalue weighted by atomic mass is 15.1. The Labute approximate surface area is 99.1 Å². The molecule has 1 saturated carbocycles. The van der Waals surface area contributed by atoms with Crippen molar-refractivity contribution in [3.63, 3.8) is 0 Å². The van der Waals surface area contributed by atoms with Crippen LogP contribution in [0.25, 0.3) is 0 Å². The summed E-state index contributed by atoms with van der Waals surface area (Å²) in [6.45, 7) is 8.68. The molecule has 3 aliphatic rings. The maximum absolute atomic E-state index is 3.49. The summed E-state index contributed by atoms with van der Waals surface area (Å²) in [7, 11) is 0. The minimum atomic E-state index is 0.764. The molecule has 2 heterocycles. The van der Waals surface area contributed by atoms with Crippen molar-refractivity contribution in [1.29, 1.82) is 0 Å². The molecule has 2 heteroatoms.